The molecule has 228 valence electrons. The van der Waals surface area contributed by atoms with Crippen molar-refractivity contribution in [3.8, 4) is 28.4 Å². The smallest absolute Gasteiger partial charge is 0.255 e. The van der Waals surface area contributed by atoms with Crippen LogP contribution in [0.4, 0.5) is 0 Å². The van der Waals surface area contributed by atoms with E-state index >= 15 is 0 Å². The highest BCUT2D eigenvalue weighted by Gasteiger charge is 2.26. The average molecular weight is 665 g/mol. The molecule has 5 rings (SSSR count). The van der Waals surface area contributed by atoms with Crippen LogP contribution < -0.4 is 14.8 Å². The van der Waals surface area contributed by atoms with Crippen LogP contribution in [0.3, 0.4) is 0 Å². The molecule has 0 aromatic heterocycles. The maximum Gasteiger partial charge on any atom is 0.255 e. The molecule has 45 heavy (non-hydrogen) atoms. The highest BCUT2D eigenvalue weighted by molar-refractivity contribution is 9.10. The lowest BCUT2D eigenvalue weighted by Gasteiger charge is -2.21. The van der Waals surface area contributed by atoms with Crippen LogP contribution >= 0.6 is 15.9 Å². The number of rotatable bonds is 12. The number of ether oxygens (including phenoxy) is 2. The van der Waals surface area contributed by atoms with Crippen molar-refractivity contribution in [3.05, 3.63) is 148 Å². The predicted octanol–water partition coefficient (Wildman–Crippen LogP) is 8.09. The molecule has 5 aromatic rings. The van der Waals surface area contributed by atoms with Gasteiger partial charge >= 0.3 is 0 Å². The van der Waals surface area contributed by atoms with Crippen molar-refractivity contribution in [3.63, 3.8) is 0 Å². The fourth-order valence-electron chi connectivity index (χ4n) is 4.98. The Kier molecular flexibility index (Phi) is 10.5. The summed E-state index contributed by atoms with van der Waals surface area (Å²) in [6.07, 6.45) is -1.05. The normalized spacial score (nSPS) is 12.2. The molecule has 0 spiro atoms. The number of ketones is 1. The van der Waals surface area contributed by atoms with Crippen LogP contribution in [0.15, 0.2) is 126 Å². The quantitative estimate of drug-likeness (QED) is 0.141. The number of hydrogen-bond donors (Lipinski definition) is 2. The van der Waals surface area contributed by atoms with Gasteiger partial charge in [-0.15, -0.1) is 0 Å². The molecule has 0 saturated heterocycles. The van der Waals surface area contributed by atoms with Crippen molar-refractivity contribution in [2.45, 2.75) is 39.0 Å². The van der Waals surface area contributed by atoms with E-state index < -0.39 is 23.8 Å². The number of hydrogen-bond acceptors (Lipinski definition) is 5. The summed E-state index contributed by atoms with van der Waals surface area (Å²) in [7, 11) is 0. The Balaban J connectivity index is 1.33. The molecule has 0 aliphatic rings. The molecule has 7 heteroatoms. The van der Waals surface area contributed by atoms with Gasteiger partial charge < -0.3 is 19.9 Å². The summed E-state index contributed by atoms with van der Waals surface area (Å²) in [6.45, 7) is 3.70. The van der Waals surface area contributed by atoms with Crippen LogP contribution in [-0.4, -0.2) is 28.9 Å². The van der Waals surface area contributed by atoms with Gasteiger partial charge in [-0.3, -0.25) is 9.59 Å². The van der Waals surface area contributed by atoms with Crippen LogP contribution in [0.2, 0.25) is 0 Å². The lowest BCUT2D eigenvalue weighted by Crippen LogP contribution is -2.46. The standard InChI is InChI=1S/C38H34BrNO5/c1-25-9-8-10-28(21-25)24-44-35-20-19-30(39)23-33(35)38(43)40-34(37(42)26(2)41)22-27-15-17-29(18-16-27)32-13-6-7-14-36(32)45-31-11-4-3-5-12-31/h3-21,23,26,34,41H,22,24H2,1-2H3,(H,40,43)/t26?,34-/m0/s1. The third kappa shape index (κ3) is 8.47. The first kappa shape index (κ1) is 31.7. The fourth-order valence-corrected chi connectivity index (χ4v) is 5.35. The molecule has 1 unspecified atom stereocenters. The topological polar surface area (TPSA) is 84.9 Å². The van der Waals surface area contributed by atoms with Gasteiger partial charge in [-0.2, -0.15) is 0 Å². The number of aryl methyl sites for hydroxylation is 1. The highest BCUT2D eigenvalue weighted by Crippen LogP contribution is 2.33. The van der Waals surface area contributed by atoms with Gasteiger partial charge in [0, 0.05) is 10.0 Å². The van der Waals surface area contributed by atoms with Crippen molar-refractivity contribution in [1.82, 2.24) is 5.32 Å². The lowest BCUT2D eigenvalue weighted by atomic mass is 9.96. The third-order valence-electron chi connectivity index (χ3n) is 7.29. The molecule has 0 radical (unpaired) electrons. The molecule has 0 aliphatic heterocycles. The first-order chi connectivity index (χ1) is 21.8. The molecular formula is C38H34BrNO5. The van der Waals surface area contributed by atoms with E-state index in [1.165, 1.54) is 6.92 Å². The summed E-state index contributed by atoms with van der Waals surface area (Å²) >= 11 is 3.44. The van der Waals surface area contributed by atoms with E-state index in [2.05, 4.69) is 21.2 Å². The first-order valence-electron chi connectivity index (χ1n) is 14.7. The Morgan fingerprint density at radius 1 is 0.800 bits per heavy atom. The molecule has 0 saturated carbocycles. The minimum Gasteiger partial charge on any atom is -0.488 e. The van der Waals surface area contributed by atoms with Crippen molar-refractivity contribution in [1.29, 1.82) is 0 Å². The summed E-state index contributed by atoms with van der Waals surface area (Å²) in [5, 5.41) is 13.0. The number of para-hydroxylation sites is 2. The van der Waals surface area contributed by atoms with E-state index in [1.54, 1.807) is 18.2 Å². The summed E-state index contributed by atoms with van der Waals surface area (Å²) in [6, 6.07) is 37.3. The average Bonchev–Trinajstić information content (AvgIpc) is 3.04. The van der Waals surface area contributed by atoms with Gasteiger partial charge in [0.05, 0.1) is 11.6 Å². The minimum atomic E-state index is -1.25. The summed E-state index contributed by atoms with van der Waals surface area (Å²) in [5.74, 6) is 0.900. The Labute approximate surface area is 271 Å². The van der Waals surface area contributed by atoms with Crippen LogP contribution in [-0.2, 0) is 17.8 Å². The largest absolute Gasteiger partial charge is 0.488 e. The summed E-state index contributed by atoms with van der Waals surface area (Å²) < 4.78 is 12.9. The Hall–Kier alpha value is -4.72. The number of nitrogens with one attached hydrogen (secondary N) is 1. The number of aliphatic hydroxyl groups is 1. The number of carbonyl (C=O) groups is 2. The van der Waals surface area contributed by atoms with E-state index in [0.717, 1.165) is 39.3 Å². The fraction of sp³-hybridized carbons (Fsp3) is 0.158. The monoisotopic (exact) mass is 663 g/mol. The van der Waals surface area contributed by atoms with Gasteiger partial charge in [0.15, 0.2) is 5.78 Å². The van der Waals surface area contributed by atoms with Crippen molar-refractivity contribution in [2.75, 3.05) is 0 Å². The van der Waals surface area contributed by atoms with E-state index in [0.29, 0.717) is 10.2 Å². The van der Waals surface area contributed by atoms with Crippen molar-refractivity contribution in [2.24, 2.45) is 0 Å². The SMILES string of the molecule is Cc1cccc(COc2ccc(Br)cc2C(=O)N[C@@H](Cc2ccc(-c3ccccc3Oc3ccccc3)cc2)C(=O)C(C)O)c1. The van der Waals surface area contributed by atoms with Gasteiger partial charge in [0.2, 0.25) is 0 Å². The minimum absolute atomic E-state index is 0.200. The first-order valence-corrected chi connectivity index (χ1v) is 15.5. The third-order valence-corrected chi connectivity index (χ3v) is 7.78. The highest BCUT2D eigenvalue weighted by atomic mass is 79.9. The predicted molar refractivity (Wildman–Crippen MR) is 180 cm³/mol. The molecule has 0 aliphatic carbocycles. The zero-order valence-corrected chi connectivity index (χ0v) is 26.7. The molecule has 2 N–H and O–H groups in total. The van der Waals surface area contributed by atoms with Gasteiger partial charge in [-0.05, 0) is 73.4 Å². The van der Waals surface area contributed by atoms with Crippen molar-refractivity contribution < 1.29 is 24.2 Å². The zero-order chi connectivity index (χ0) is 31.8. The van der Waals surface area contributed by atoms with Crippen LogP contribution in [0, 0.1) is 6.92 Å². The number of benzene rings is 5. The second-order valence-electron chi connectivity index (χ2n) is 10.8. The Morgan fingerprint density at radius 2 is 1.53 bits per heavy atom. The van der Waals surface area contributed by atoms with Crippen LogP contribution in [0.25, 0.3) is 11.1 Å². The van der Waals surface area contributed by atoms with Gasteiger partial charge in [0.25, 0.3) is 5.91 Å². The molecule has 6 nitrogen and oxygen atoms in total. The van der Waals surface area contributed by atoms with E-state index in [1.807, 2.05) is 110 Å². The van der Waals surface area contributed by atoms with E-state index in [4.69, 9.17) is 9.47 Å². The molecule has 2 atom stereocenters. The van der Waals surface area contributed by atoms with Crippen LogP contribution in [0.5, 0.6) is 17.2 Å². The number of halogens is 1. The van der Waals surface area contributed by atoms with Gasteiger partial charge in [-0.1, -0.05) is 106 Å². The number of aliphatic hydroxyl groups excluding tert-OH is 1. The lowest BCUT2D eigenvalue weighted by molar-refractivity contribution is -0.128. The van der Waals surface area contributed by atoms with Crippen molar-refractivity contribution >= 4 is 27.6 Å². The maximum atomic E-state index is 13.6. The second kappa shape index (κ2) is 14.8. The molecular weight excluding hydrogens is 630 g/mol. The Morgan fingerprint density at radius 3 is 2.27 bits per heavy atom. The number of amides is 1. The van der Waals surface area contributed by atoms with E-state index in [-0.39, 0.29) is 18.6 Å². The molecule has 0 heterocycles. The van der Waals surface area contributed by atoms with Gasteiger partial charge in [-0.25, -0.2) is 0 Å². The van der Waals surface area contributed by atoms with Gasteiger partial charge in [0.1, 0.15) is 30.0 Å². The van der Waals surface area contributed by atoms with Crippen LogP contribution in [0.1, 0.15) is 34.0 Å². The van der Waals surface area contributed by atoms with E-state index in [9.17, 15) is 14.7 Å². The second-order valence-corrected chi connectivity index (χ2v) is 11.8. The number of carbonyl (C=O) groups excluding carboxylic acids is 2. The molecule has 5 aromatic carbocycles. The molecule has 0 fully saturated rings. The number of Topliss-reactive ketones (excluding diaryl/α,β-unsaturated/α-hetero) is 1. The Bertz CT molecular complexity index is 1770. The zero-order valence-electron chi connectivity index (χ0n) is 25.1. The summed E-state index contributed by atoms with van der Waals surface area (Å²) in [5.41, 5.74) is 5.06. The summed E-state index contributed by atoms with van der Waals surface area (Å²) in [4.78, 5) is 26.7. The molecule has 0 bridgehead atoms. The molecule has 1 amide bonds. The maximum absolute atomic E-state index is 13.6.